The number of amidine groups is 1. The third-order valence-corrected chi connectivity index (χ3v) is 4.16. The zero-order valence-corrected chi connectivity index (χ0v) is 12.1. The molecule has 1 atom stereocenters. The number of anilines is 1. The quantitative estimate of drug-likeness (QED) is 0.340. The average Bonchev–Trinajstić information content (AvgIpc) is 2.46. The topological polar surface area (TPSA) is 82.1 Å². The van der Waals surface area contributed by atoms with Crippen LogP contribution in [-0.4, -0.2) is 35.3 Å². The molecule has 5 heteroatoms. The Labute approximate surface area is 119 Å². The smallest absolute Gasteiger partial charge is 0.172 e. The maximum Gasteiger partial charge on any atom is 0.172 e. The van der Waals surface area contributed by atoms with Crippen molar-refractivity contribution in [3.8, 4) is 0 Å². The lowest BCUT2D eigenvalue weighted by Gasteiger charge is -2.36. The van der Waals surface area contributed by atoms with E-state index in [2.05, 4.69) is 10.1 Å². The number of aliphatic hydroxyl groups is 1. The predicted molar refractivity (Wildman–Crippen MR) is 80.3 cm³/mol. The Bertz CT molecular complexity index is 492. The molecule has 1 heterocycles. The van der Waals surface area contributed by atoms with Crippen molar-refractivity contribution in [1.82, 2.24) is 0 Å². The molecule has 1 aromatic rings. The molecule has 20 heavy (non-hydrogen) atoms. The van der Waals surface area contributed by atoms with Crippen molar-refractivity contribution in [2.75, 3.05) is 18.0 Å². The number of hydrogen-bond donors (Lipinski definition) is 3. The van der Waals surface area contributed by atoms with Crippen LogP contribution in [0.25, 0.3) is 0 Å². The van der Waals surface area contributed by atoms with Crippen molar-refractivity contribution < 1.29 is 10.3 Å². The van der Waals surface area contributed by atoms with E-state index in [1.807, 2.05) is 32.0 Å². The van der Waals surface area contributed by atoms with E-state index in [4.69, 9.17) is 10.9 Å². The summed E-state index contributed by atoms with van der Waals surface area (Å²) in [5.41, 5.74) is 8.70. The number of rotatable bonds is 3. The van der Waals surface area contributed by atoms with Gasteiger partial charge in [-0.1, -0.05) is 17.3 Å². The standard InChI is InChI=1S/C15H23N3O2/c1-10-4-3-5-13(15(16)17-20)14(10)18-8-6-12(7-9-18)11(2)19/h3-5,11-12,19-20H,6-9H2,1-2H3,(H2,16,17). The van der Waals surface area contributed by atoms with E-state index in [0.29, 0.717) is 5.92 Å². The zero-order chi connectivity index (χ0) is 14.7. The number of hydrogen-bond acceptors (Lipinski definition) is 4. The molecule has 0 aliphatic carbocycles. The van der Waals surface area contributed by atoms with E-state index in [9.17, 15) is 5.11 Å². The van der Waals surface area contributed by atoms with E-state index in [1.54, 1.807) is 0 Å². The molecule has 110 valence electrons. The van der Waals surface area contributed by atoms with Crippen molar-refractivity contribution in [2.24, 2.45) is 16.8 Å². The highest BCUT2D eigenvalue weighted by molar-refractivity contribution is 6.02. The lowest BCUT2D eigenvalue weighted by molar-refractivity contribution is 0.110. The van der Waals surface area contributed by atoms with Gasteiger partial charge in [0.25, 0.3) is 0 Å². The van der Waals surface area contributed by atoms with Crippen LogP contribution >= 0.6 is 0 Å². The van der Waals surface area contributed by atoms with Gasteiger partial charge in [-0.2, -0.15) is 0 Å². The Morgan fingerprint density at radius 2 is 2.05 bits per heavy atom. The van der Waals surface area contributed by atoms with Gasteiger partial charge in [0.2, 0.25) is 0 Å². The van der Waals surface area contributed by atoms with Crippen molar-refractivity contribution >= 4 is 11.5 Å². The number of benzene rings is 1. The van der Waals surface area contributed by atoms with Crippen LogP contribution in [0.1, 0.15) is 30.9 Å². The second kappa shape index (κ2) is 6.13. The highest BCUT2D eigenvalue weighted by atomic mass is 16.4. The van der Waals surface area contributed by atoms with E-state index in [-0.39, 0.29) is 11.9 Å². The number of piperidine rings is 1. The minimum atomic E-state index is -0.252. The predicted octanol–water partition coefficient (Wildman–Crippen LogP) is 1.69. The summed E-state index contributed by atoms with van der Waals surface area (Å²) in [5.74, 6) is 0.504. The van der Waals surface area contributed by atoms with Gasteiger partial charge in [0, 0.05) is 18.7 Å². The second-order valence-corrected chi connectivity index (χ2v) is 5.52. The molecule has 2 rings (SSSR count). The van der Waals surface area contributed by atoms with Crippen LogP contribution in [0, 0.1) is 12.8 Å². The Kier molecular flexibility index (Phi) is 4.49. The maximum atomic E-state index is 9.68. The molecule has 0 radical (unpaired) electrons. The second-order valence-electron chi connectivity index (χ2n) is 5.52. The van der Waals surface area contributed by atoms with E-state index >= 15 is 0 Å². The average molecular weight is 277 g/mol. The van der Waals surface area contributed by atoms with Gasteiger partial charge in [-0.05, 0) is 44.2 Å². The number of aryl methyl sites for hydroxylation is 1. The molecule has 1 aliphatic rings. The largest absolute Gasteiger partial charge is 0.409 e. The lowest BCUT2D eigenvalue weighted by Crippen LogP contribution is -2.38. The zero-order valence-electron chi connectivity index (χ0n) is 12.1. The summed E-state index contributed by atoms with van der Waals surface area (Å²) in [5, 5.41) is 21.7. The van der Waals surface area contributed by atoms with Crippen LogP contribution in [0.2, 0.25) is 0 Å². The van der Waals surface area contributed by atoms with Crippen molar-refractivity contribution in [3.63, 3.8) is 0 Å². The minimum absolute atomic E-state index is 0.140. The van der Waals surface area contributed by atoms with Crippen LogP contribution in [0.3, 0.4) is 0 Å². The van der Waals surface area contributed by atoms with Gasteiger partial charge in [-0.25, -0.2) is 0 Å². The first kappa shape index (κ1) is 14.7. The third kappa shape index (κ3) is 2.88. The monoisotopic (exact) mass is 277 g/mol. The first-order chi connectivity index (χ1) is 9.54. The molecule has 0 saturated carbocycles. The van der Waals surface area contributed by atoms with Crippen LogP contribution in [0.15, 0.2) is 23.4 Å². The van der Waals surface area contributed by atoms with Crippen LogP contribution in [-0.2, 0) is 0 Å². The molecule has 1 saturated heterocycles. The van der Waals surface area contributed by atoms with Gasteiger partial charge in [0.05, 0.1) is 11.8 Å². The molecule has 1 aliphatic heterocycles. The van der Waals surface area contributed by atoms with Crippen LogP contribution < -0.4 is 10.6 Å². The highest BCUT2D eigenvalue weighted by Crippen LogP contribution is 2.30. The maximum absolute atomic E-state index is 9.68. The molecule has 1 fully saturated rings. The minimum Gasteiger partial charge on any atom is -0.409 e. The first-order valence-corrected chi connectivity index (χ1v) is 7.05. The van der Waals surface area contributed by atoms with E-state index in [1.165, 1.54) is 0 Å². The summed E-state index contributed by atoms with van der Waals surface area (Å²) in [4.78, 5) is 2.27. The fraction of sp³-hybridized carbons (Fsp3) is 0.533. The van der Waals surface area contributed by atoms with Crippen molar-refractivity contribution in [1.29, 1.82) is 0 Å². The summed E-state index contributed by atoms with van der Waals surface area (Å²) in [6.45, 7) is 5.65. The van der Waals surface area contributed by atoms with Crippen molar-refractivity contribution in [3.05, 3.63) is 29.3 Å². The SMILES string of the molecule is Cc1cccc(/C(N)=N/O)c1N1CCC(C(C)O)CC1. The Morgan fingerprint density at radius 1 is 1.40 bits per heavy atom. The fourth-order valence-corrected chi connectivity index (χ4v) is 2.94. The number of aliphatic hydroxyl groups excluding tert-OH is 1. The molecule has 4 N–H and O–H groups in total. The van der Waals surface area contributed by atoms with Crippen molar-refractivity contribution in [2.45, 2.75) is 32.8 Å². The van der Waals surface area contributed by atoms with E-state index < -0.39 is 0 Å². The molecule has 0 amide bonds. The number of oxime groups is 1. The molecule has 0 aromatic heterocycles. The fourth-order valence-electron chi connectivity index (χ4n) is 2.94. The van der Waals surface area contributed by atoms with Gasteiger partial charge in [-0.3, -0.25) is 0 Å². The molecule has 0 bridgehead atoms. The van der Waals surface area contributed by atoms with Crippen LogP contribution in [0.4, 0.5) is 5.69 Å². The van der Waals surface area contributed by atoms with Gasteiger partial charge in [-0.15, -0.1) is 0 Å². The number of para-hydroxylation sites is 1. The summed E-state index contributed by atoms with van der Waals surface area (Å²) < 4.78 is 0. The molecule has 1 unspecified atom stereocenters. The Balaban J connectivity index is 2.26. The number of nitrogens with zero attached hydrogens (tertiary/aromatic N) is 2. The van der Waals surface area contributed by atoms with Gasteiger partial charge in [0.1, 0.15) is 0 Å². The molecule has 0 spiro atoms. The third-order valence-electron chi connectivity index (χ3n) is 4.16. The summed E-state index contributed by atoms with van der Waals surface area (Å²) in [6, 6.07) is 5.82. The Morgan fingerprint density at radius 3 is 2.60 bits per heavy atom. The Hall–Kier alpha value is -1.75. The molecular weight excluding hydrogens is 254 g/mol. The normalized spacial score (nSPS) is 19.1. The first-order valence-electron chi connectivity index (χ1n) is 7.05. The molecule has 1 aromatic carbocycles. The summed E-state index contributed by atoms with van der Waals surface area (Å²) >= 11 is 0. The molecule has 5 nitrogen and oxygen atoms in total. The van der Waals surface area contributed by atoms with Crippen LogP contribution in [0.5, 0.6) is 0 Å². The molecular formula is C15H23N3O2. The van der Waals surface area contributed by atoms with Gasteiger partial charge >= 0.3 is 0 Å². The van der Waals surface area contributed by atoms with Gasteiger partial charge in [0.15, 0.2) is 5.84 Å². The highest BCUT2D eigenvalue weighted by Gasteiger charge is 2.25. The van der Waals surface area contributed by atoms with Gasteiger partial charge < -0.3 is 20.9 Å². The lowest BCUT2D eigenvalue weighted by atomic mass is 9.91. The summed E-state index contributed by atoms with van der Waals surface area (Å²) in [7, 11) is 0. The number of nitrogens with two attached hydrogens (primary N) is 1. The van der Waals surface area contributed by atoms with E-state index in [0.717, 1.165) is 42.7 Å². The summed E-state index contributed by atoms with van der Waals surface area (Å²) in [6.07, 6.45) is 1.67.